The lowest BCUT2D eigenvalue weighted by Crippen LogP contribution is -1.91. The zero-order valence-corrected chi connectivity index (χ0v) is 11.9. The van der Waals surface area contributed by atoms with E-state index >= 15 is 0 Å². The standard InChI is InChI=1S/C16H14ClNO/c1-10-4-5-13(9-18)15(6-10)19-14-7-11(2)16(17)12(3)8-14/h4-8H,1-3H3. The molecule has 2 aromatic carbocycles. The number of hydrogen-bond acceptors (Lipinski definition) is 2. The number of benzene rings is 2. The van der Waals surface area contributed by atoms with Crippen LogP contribution in [0.4, 0.5) is 0 Å². The van der Waals surface area contributed by atoms with Crippen LogP contribution in [-0.2, 0) is 0 Å². The molecule has 0 aliphatic heterocycles. The molecule has 0 bridgehead atoms. The van der Waals surface area contributed by atoms with E-state index in [0.717, 1.165) is 21.7 Å². The van der Waals surface area contributed by atoms with Crippen LogP contribution in [0.5, 0.6) is 11.5 Å². The fraction of sp³-hybridized carbons (Fsp3) is 0.188. The quantitative estimate of drug-likeness (QED) is 0.776. The summed E-state index contributed by atoms with van der Waals surface area (Å²) in [6.45, 7) is 5.83. The summed E-state index contributed by atoms with van der Waals surface area (Å²) in [4.78, 5) is 0. The van der Waals surface area contributed by atoms with Crippen LogP contribution in [0.3, 0.4) is 0 Å². The molecule has 0 unspecified atom stereocenters. The second-order valence-corrected chi connectivity index (χ2v) is 4.96. The Kier molecular flexibility index (Phi) is 3.78. The van der Waals surface area contributed by atoms with Gasteiger partial charge in [0.2, 0.25) is 0 Å². The molecule has 0 aliphatic rings. The zero-order valence-electron chi connectivity index (χ0n) is 11.1. The Labute approximate surface area is 118 Å². The minimum Gasteiger partial charge on any atom is -0.456 e. The molecule has 0 fully saturated rings. The number of aryl methyl sites for hydroxylation is 3. The Morgan fingerprint density at radius 3 is 2.26 bits per heavy atom. The highest BCUT2D eigenvalue weighted by Crippen LogP contribution is 2.31. The van der Waals surface area contributed by atoms with E-state index in [2.05, 4.69) is 6.07 Å². The van der Waals surface area contributed by atoms with E-state index < -0.39 is 0 Å². The Morgan fingerprint density at radius 1 is 1.05 bits per heavy atom. The van der Waals surface area contributed by atoms with Gasteiger partial charge in [0.15, 0.2) is 0 Å². The molecule has 0 heterocycles. The van der Waals surface area contributed by atoms with Gasteiger partial charge in [-0.1, -0.05) is 17.7 Å². The van der Waals surface area contributed by atoms with E-state index in [4.69, 9.17) is 21.6 Å². The maximum atomic E-state index is 9.09. The summed E-state index contributed by atoms with van der Waals surface area (Å²) in [5, 5.41) is 9.84. The lowest BCUT2D eigenvalue weighted by Gasteiger charge is -2.11. The first-order valence-corrected chi connectivity index (χ1v) is 6.34. The van der Waals surface area contributed by atoms with Gasteiger partial charge in [-0.15, -0.1) is 0 Å². The van der Waals surface area contributed by atoms with Crippen molar-refractivity contribution >= 4 is 11.6 Å². The van der Waals surface area contributed by atoms with Gasteiger partial charge >= 0.3 is 0 Å². The summed E-state index contributed by atoms with van der Waals surface area (Å²) in [6.07, 6.45) is 0. The number of ether oxygens (including phenoxy) is 1. The fourth-order valence-electron chi connectivity index (χ4n) is 1.90. The topological polar surface area (TPSA) is 33.0 Å². The lowest BCUT2D eigenvalue weighted by atomic mass is 10.1. The van der Waals surface area contributed by atoms with Crippen molar-refractivity contribution in [3.63, 3.8) is 0 Å². The molecule has 2 aromatic rings. The molecule has 0 radical (unpaired) electrons. The first-order valence-electron chi connectivity index (χ1n) is 5.96. The third kappa shape index (κ3) is 2.89. The van der Waals surface area contributed by atoms with Crippen molar-refractivity contribution in [1.29, 1.82) is 5.26 Å². The molecule has 2 rings (SSSR count). The Morgan fingerprint density at radius 2 is 1.68 bits per heavy atom. The van der Waals surface area contributed by atoms with E-state index in [1.807, 2.05) is 45.0 Å². The predicted octanol–water partition coefficient (Wildman–Crippen LogP) is 4.93. The van der Waals surface area contributed by atoms with Crippen molar-refractivity contribution in [2.45, 2.75) is 20.8 Å². The number of nitriles is 1. The molecule has 0 N–H and O–H groups in total. The van der Waals surface area contributed by atoms with Crippen LogP contribution in [-0.4, -0.2) is 0 Å². The molecule has 0 saturated heterocycles. The van der Waals surface area contributed by atoms with Crippen LogP contribution in [0.25, 0.3) is 0 Å². The minimum atomic E-state index is 0.524. The van der Waals surface area contributed by atoms with E-state index in [-0.39, 0.29) is 0 Å². The first kappa shape index (κ1) is 13.5. The van der Waals surface area contributed by atoms with Gasteiger partial charge < -0.3 is 4.74 Å². The van der Waals surface area contributed by atoms with Crippen LogP contribution in [0.1, 0.15) is 22.3 Å². The first-order chi connectivity index (χ1) is 9.01. The summed E-state index contributed by atoms with van der Waals surface area (Å²) < 4.78 is 5.82. The average molecular weight is 272 g/mol. The number of halogens is 1. The van der Waals surface area contributed by atoms with Gasteiger partial charge in [-0.25, -0.2) is 0 Å². The maximum absolute atomic E-state index is 9.09. The van der Waals surface area contributed by atoms with Crippen molar-refractivity contribution in [3.8, 4) is 17.6 Å². The Balaban J connectivity index is 2.42. The average Bonchev–Trinajstić information content (AvgIpc) is 2.36. The minimum absolute atomic E-state index is 0.524. The molecule has 0 saturated carbocycles. The van der Waals surface area contributed by atoms with Gasteiger partial charge in [0.1, 0.15) is 17.6 Å². The summed E-state index contributed by atoms with van der Waals surface area (Å²) in [5.41, 5.74) is 3.50. The molecular formula is C16H14ClNO. The van der Waals surface area contributed by atoms with Crippen LogP contribution >= 0.6 is 11.6 Å². The monoisotopic (exact) mass is 271 g/mol. The smallest absolute Gasteiger partial charge is 0.145 e. The van der Waals surface area contributed by atoms with Crippen LogP contribution < -0.4 is 4.74 Å². The fourth-order valence-corrected chi connectivity index (χ4v) is 2.01. The number of hydrogen-bond donors (Lipinski definition) is 0. The van der Waals surface area contributed by atoms with Gasteiger partial charge in [0.25, 0.3) is 0 Å². The highest BCUT2D eigenvalue weighted by Gasteiger charge is 2.08. The third-order valence-corrected chi connectivity index (χ3v) is 3.49. The lowest BCUT2D eigenvalue weighted by molar-refractivity contribution is 0.480. The predicted molar refractivity (Wildman–Crippen MR) is 76.9 cm³/mol. The number of nitrogens with zero attached hydrogens (tertiary/aromatic N) is 1. The number of rotatable bonds is 2. The Bertz CT molecular complexity index is 648. The van der Waals surface area contributed by atoms with Crippen molar-refractivity contribution in [3.05, 3.63) is 57.6 Å². The normalized spacial score (nSPS) is 10.1. The molecule has 0 spiro atoms. The van der Waals surface area contributed by atoms with Crippen molar-refractivity contribution in [2.75, 3.05) is 0 Å². The highest BCUT2D eigenvalue weighted by molar-refractivity contribution is 6.32. The Hall–Kier alpha value is -1.98. The van der Waals surface area contributed by atoms with Gasteiger partial charge in [-0.05, 0) is 61.7 Å². The molecular weight excluding hydrogens is 258 g/mol. The molecule has 0 atom stereocenters. The van der Waals surface area contributed by atoms with Gasteiger partial charge in [-0.3, -0.25) is 0 Å². The van der Waals surface area contributed by atoms with Crippen LogP contribution in [0, 0.1) is 32.1 Å². The molecule has 2 nitrogen and oxygen atoms in total. The molecule has 3 heteroatoms. The van der Waals surface area contributed by atoms with Crippen molar-refractivity contribution in [1.82, 2.24) is 0 Å². The molecule has 0 aliphatic carbocycles. The summed E-state index contributed by atoms with van der Waals surface area (Å²) in [7, 11) is 0. The van der Waals surface area contributed by atoms with Crippen molar-refractivity contribution in [2.24, 2.45) is 0 Å². The van der Waals surface area contributed by atoms with Gasteiger partial charge in [0, 0.05) is 5.02 Å². The largest absolute Gasteiger partial charge is 0.456 e. The highest BCUT2D eigenvalue weighted by atomic mass is 35.5. The molecule has 96 valence electrons. The van der Waals surface area contributed by atoms with Crippen molar-refractivity contribution < 1.29 is 4.74 Å². The summed E-state index contributed by atoms with van der Waals surface area (Å²) in [6, 6.07) is 11.4. The third-order valence-electron chi connectivity index (χ3n) is 2.90. The van der Waals surface area contributed by atoms with E-state index in [1.165, 1.54) is 0 Å². The molecule has 0 aromatic heterocycles. The van der Waals surface area contributed by atoms with E-state index in [9.17, 15) is 0 Å². The van der Waals surface area contributed by atoms with Gasteiger partial charge in [0.05, 0.1) is 5.56 Å². The summed E-state index contributed by atoms with van der Waals surface area (Å²) in [5.74, 6) is 1.27. The molecule has 0 amide bonds. The van der Waals surface area contributed by atoms with Crippen LogP contribution in [0.2, 0.25) is 5.02 Å². The van der Waals surface area contributed by atoms with Crippen LogP contribution in [0.15, 0.2) is 30.3 Å². The second-order valence-electron chi connectivity index (χ2n) is 4.58. The SMILES string of the molecule is Cc1ccc(C#N)c(Oc2cc(C)c(Cl)c(C)c2)c1. The van der Waals surface area contributed by atoms with E-state index in [1.54, 1.807) is 6.07 Å². The van der Waals surface area contributed by atoms with Gasteiger partial charge in [-0.2, -0.15) is 5.26 Å². The second kappa shape index (κ2) is 5.34. The maximum Gasteiger partial charge on any atom is 0.145 e. The summed E-state index contributed by atoms with van der Waals surface area (Å²) >= 11 is 6.13. The molecule has 19 heavy (non-hydrogen) atoms. The zero-order chi connectivity index (χ0) is 14.0. The van der Waals surface area contributed by atoms with E-state index in [0.29, 0.717) is 17.1 Å².